The maximum absolute atomic E-state index is 10.7. The van der Waals surface area contributed by atoms with E-state index in [4.69, 9.17) is 9.47 Å². The van der Waals surface area contributed by atoms with Gasteiger partial charge < -0.3 is 9.47 Å². The summed E-state index contributed by atoms with van der Waals surface area (Å²) in [6, 6.07) is 3.53. The van der Waals surface area contributed by atoms with E-state index >= 15 is 0 Å². The molecule has 0 saturated heterocycles. The number of carbonyl (C=O) groups is 1. The van der Waals surface area contributed by atoms with Crippen molar-refractivity contribution in [2.24, 2.45) is 0 Å². The Morgan fingerprint density at radius 2 is 1.86 bits per heavy atom. The first-order valence-electron chi connectivity index (χ1n) is 4.46. The summed E-state index contributed by atoms with van der Waals surface area (Å²) < 4.78 is 10.2. The van der Waals surface area contributed by atoms with E-state index in [0.29, 0.717) is 11.3 Å². The average Bonchev–Trinajstić information content (AvgIpc) is 2.26. The van der Waals surface area contributed by atoms with E-state index in [2.05, 4.69) is 0 Å². The lowest BCUT2D eigenvalue weighted by Gasteiger charge is -2.10. The van der Waals surface area contributed by atoms with Gasteiger partial charge in [0.2, 0.25) is 0 Å². The summed E-state index contributed by atoms with van der Waals surface area (Å²) in [4.78, 5) is 10.7. The Morgan fingerprint density at radius 1 is 1.21 bits per heavy atom. The number of ether oxygens (including phenoxy) is 2. The monoisotopic (exact) mass is 194 g/mol. The summed E-state index contributed by atoms with van der Waals surface area (Å²) in [5.41, 5.74) is 1.57. The minimum Gasteiger partial charge on any atom is -0.496 e. The second-order valence-electron chi connectivity index (χ2n) is 2.88. The molecule has 0 atom stereocenters. The number of methoxy groups -OCH3 is 2. The summed E-state index contributed by atoms with van der Waals surface area (Å²) >= 11 is 0. The van der Waals surface area contributed by atoms with Gasteiger partial charge in [0.1, 0.15) is 11.5 Å². The van der Waals surface area contributed by atoms with E-state index < -0.39 is 0 Å². The zero-order chi connectivity index (χ0) is 10.6. The van der Waals surface area contributed by atoms with Crippen molar-refractivity contribution in [3.63, 3.8) is 0 Å². The fourth-order valence-electron chi connectivity index (χ4n) is 1.36. The summed E-state index contributed by atoms with van der Waals surface area (Å²) in [5, 5.41) is 0. The molecule has 3 nitrogen and oxygen atoms in total. The summed E-state index contributed by atoms with van der Waals surface area (Å²) in [7, 11) is 3.14. The van der Waals surface area contributed by atoms with Crippen molar-refractivity contribution in [1.29, 1.82) is 0 Å². The molecule has 0 aliphatic carbocycles. The molecule has 0 fully saturated rings. The highest BCUT2D eigenvalue weighted by atomic mass is 16.5. The summed E-state index contributed by atoms with van der Waals surface area (Å²) in [6.07, 6.45) is 1.62. The third-order valence-corrected chi connectivity index (χ3v) is 2.14. The largest absolute Gasteiger partial charge is 0.496 e. The van der Waals surface area contributed by atoms with Crippen molar-refractivity contribution in [3.8, 4) is 11.5 Å². The van der Waals surface area contributed by atoms with Crippen LogP contribution in [0.1, 0.15) is 22.8 Å². The molecule has 0 aliphatic heterocycles. The zero-order valence-corrected chi connectivity index (χ0v) is 8.66. The first-order chi connectivity index (χ1) is 6.76. The van der Waals surface area contributed by atoms with Gasteiger partial charge in [-0.3, -0.25) is 4.79 Å². The third-order valence-electron chi connectivity index (χ3n) is 2.14. The second-order valence-corrected chi connectivity index (χ2v) is 2.88. The number of carbonyl (C=O) groups excluding carboxylic acids is 1. The molecule has 0 N–H and O–H groups in total. The molecule has 0 unspecified atom stereocenters. The number of aryl methyl sites for hydroxylation is 1. The van der Waals surface area contributed by atoms with Crippen LogP contribution in [0.25, 0.3) is 0 Å². The van der Waals surface area contributed by atoms with Gasteiger partial charge in [0.05, 0.1) is 19.8 Å². The molecule has 0 spiro atoms. The van der Waals surface area contributed by atoms with E-state index in [1.807, 2.05) is 6.92 Å². The Morgan fingerprint density at radius 3 is 2.29 bits per heavy atom. The topological polar surface area (TPSA) is 35.5 Å². The van der Waals surface area contributed by atoms with Gasteiger partial charge in [-0.1, -0.05) is 6.92 Å². The average molecular weight is 194 g/mol. The molecule has 1 aromatic carbocycles. The Bertz CT molecular complexity index is 332. The van der Waals surface area contributed by atoms with Gasteiger partial charge in [-0.2, -0.15) is 0 Å². The molecule has 0 aromatic heterocycles. The van der Waals surface area contributed by atoms with Gasteiger partial charge in [0.25, 0.3) is 0 Å². The van der Waals surface area contributed by atoms with Crippen LogP contribution in [0.3, 0.4) is 0 Å². The number of rotatable bonds is 4. The third kappa shape index (κ3) is 1.87. The Kier molecular flexibility index (Phi) is 3.51. The van der Waals surface area contributed by atoms with Crippen LogP contribution in [-0.2, 0) is 6.42 Å². The van der Waals surface area contributed by atoms with E-state index in [1.165, 1.54) is 7.11 Å². The number of benzene rings is 1. The van der Waals surface area contributed by atoms with Crippen LogP contribution in [0.2, 0.25) is 0 Å². The van der Waals surface area contributed by atoms with Gasteiger partial charge in [-0.05, 0) is 18.1 Å². The molecule has 0 amide bonds. The minimum absolute atomic E-state index is 0.550. The molecular formula is C11H14O3. The van der Waals surface area contributed by atoms with Gasteiger partial charge in [-0.15, -0.1) is 0 Å². The fourth-order valence-corrected chi connectivity index (χ4v) is 1.36. The second kappa shape index (κ2) is 4.65. The first-order valence-corrected chi connectivity index (χ1v) is 4.46. The molecule has 0 bridgehead atoms. The van der Waals surface area contributed by atoms with E-state index in [0.717, 1.165) is 24.0 Å². The van der Waals surface area contributed by atoms with Crippen molar-refractivity contribution < 1.29 is 14.3 Å². The Hall–Kier alpha value is -1.51. The van der Waals surface area contributed by atoms with Gasteiger partial charge >= 0.3 is 0 Å². The Labute approximate surface area is 83.6 Å². The summed E-state index contributed by atoms with van der Waals surface area (Å²) in [5.74, 6) is 1.31. The number of aldehydes is 1. The lowest BCUT2D eigenvalue weighted by atomic mass is 10.1. The van der Waals surface area contributed by atoms with Crippen molar-refractivity contribution in [2.45, 2.75) is 13.3 Å². The highest BCUT2D eigenvalue weighted by molar-refractivity contribution is 5.80. The molecule has 1 rings (SSSR count). The highest BCUT2D eigenvalue weighted by Crippen LogP contribution is 2.28. The Balaban J connectivity index is 3.27. The van der Waals surface area contributed by atoms with Crippen LogP contribution < -0.4 is 9.47 Å². The number of hydrogen-bond acceptors (Lipinski definition) is 3. The molecule has 76 valence electrons. The fraction of sp³-hybridized carbons (Fsp3) is 0.364. The standard InChI is InChI=1S/C11H14O3/c1-4-8-5-9(7-12)11(14-3)6-10(8)13-2/h5-7H,4H2,1-3H3. The molecule has 0 aliphatic rings. The molecule has 1 aromatic rings. The van der Waals surface area contributed by atoms with Crippen molar-refractivity contribution in [3.05, 3.63) is 23.3 Å². The van der Waals surface area contributed by atoms with Crippen LogP contribution >= 0.6 is 0 Å². The zero-order valence-electron chi connectivity index (χ0n) is 8.66. The smallest absolute Gasteiger partial charge is 0.153 e. The molecular weight excluding hydrogens is 180 g/mol. The van der Waals surface area contributed by atoms with Gasteiger partial charge in [0.15, 0.2) is 6.29 Å². The van der Waals surface area contributed by atoms with E-state index in [1.54, 1.807) is 19.2 Å². The molecule has 3 heteroatoms. The highest BCUT2D eigenvalue weighted by Gasteiger charge is 2.08. The predicted molar refractivity (Wildman–Crippen MR) is 54.3 cm³/mol. The van der Waals surface area contributed by atoms with Crippen molar-refractivity contribution >= 4 is 6.29 Å². The van der Waals surface area contributed by atoms with Crippen molar-refractivity contribution in [1.82, 2.24) is 0 Å². The van der Waals surface area contributed by atoms with Crippen LogP contribution in [-0.4, -0.2) is 20.5 Å². The molecule has 0 radical (unpaired) electrons. The molecule has 0 saturated carbocycles. The van der Waals surface area contributed by atoms with E-state index in [9.17, 15) is 4.79 Å². The predicted octanol–water partition coefficient (Wildman–Crippen LogP) is 2.08. The van der Waals surface area contributed by atoms with Gasteiger partial charge in [-0.25, -0.2) is 0 Å². The number of hydrogen-bond donors (Lipinski definition) is 0. The lowest BCUT2D eigenvalue weighted by Crippen LogP contribution is -1.96. The summed E-state index contributed by atoms with van der Waals surface area (Å²) in [6.45, 7) is 2.01. The van der Waals surface area contributed by atoms with Crippen LogP contribution in [0, 0.1) is 0 Å². The molecule has 14 heavy (non-hydrogen) atoms. The molecule has 0 heterocycles. The van der Waals surface area contributed by atoms with E-state index in [-0.39, 0.29) is 0 Å². The van der Waals surface area contributed by atoms with Crippen LogP contribution in [0.15, 0.2) is 12.1 Å². The van der Waals surface area contributed by atoms with Crippen molar-refractivity contribution in [2.75, 3.05) is 14.2 Å². The normalized spacial score (nSPS) is 9.64. The van der Waals surface area contributed by atoms with Crippen LogP contribution in [0.4, 0.5) is 0 Å². The maximum atomic E-state index is 10.7. The first kappa shape index (κ1) is 10.6. The lowest BCUT2D eigenvalue weighted by molar-refractivity contribution is 0.112. The van der Waals surface area contributed by atoms with Crippen LogP contribution in [0.5, 0.6) is 11.5 Å². The minimum atomic E-state index is 0.550. The van der Waals surface area contributed by atoms with Gasteiger partial charge in [0, 0.05) is 6.07 Å². The maximum Gasteiger partial charge on any atom is 0.153 e. The SMILES string of the molecule is CCc1cc(C=O)c(OC)cc1OC. The quantitative estimate of drug-likeness (QED) is 0.688.